The van der Waals surface area contributed by atoms with E-state index >= 15 is 0 Å². The number of halogens is 4. The van der Waals surface area contributed by atoms with E-state index in [-0.39, 0.29) is 15.2 Å². The third-order valence-electron chi connectivity index (χ3n) is 2.37. The average Bonchev–Trinajstić information content (AvgIpc) is 2.37. The van der Waals surface area contributed by atoms with Gasteiger partial charge in [0, 0.05) is 22.9 Å². The molecule has 1 heterocycles. The second-order valence-corrected chi connectivity index (χ2v) is 4.93. The average molecular weight is 321 g/mol. The largest absolute Gasteiger partial charge is 0.298 e. The lowest BCUT2D eigenvalue weighted by Gasteiger charge is -2.10. The summed E-state index contributed by atoms with van der Waals surface area (Å²) in [5.74, 6) is 0. The maximum absolute atomic E-state index is 11.0. The van der Waals surface area contributed by atoms with E-state index in [1.54, 1.807) is 18.2 Å². The van der Waals surface area contributed by atoms with Gasteiger partial charge >= 0.3 is 0 Å². The smallest absolute Gasteiger partial charge is 0.150 e. The summed E-state index contributed by atoms with van der Waals surface area (Å²) in [7, 11) is 0. The van der Waals surface area contributed by atoms with Crippen LogP contribution in [0.15, 0.2) is 24.4 Å². The minimum Gasteiger partial charge on any atom is -0.298 e. The van der Waals surface area contributed by atoms with Crippen molar-refractivity contribution in [3.05, 3.63) is 50.2 Å². The van der Waals surface area contributed by atoms with E-state index < -0.39 is 0 Å². The Morgan fingerprint density at radius 3 is 2.39 bits per heavy atom. The third-order valence-corrected chi connectivity index (χ3v) is 3.95. The maximum atomic E-state index is 11.0. The van der Waals surface area contributed by atoms with Gasteiger partial charge in [-0.05, 0) is 12.1 Å². The molecule has 18 heavy (non-hydrogen) atoms. The molecule has 2 aromatic rings. The van der Waals surface area contributed by atoms with Crippen LogP contribution in [-0.2, 0) is 0 Å². The van der Waals surface area contributed by atoms with Crippen LogP contribution in [0, 0.1) is 0 Å². The summed E-state index contributed by atoms with van der Waals surface area (Å²) in [6, 6.07) is 4.78. The van der Waals surface area contributed by atoms with Crippen LogP contribution >= 0.6 is 46.4 Å². The van der Waals surface area contributed by atoms with Crippen molar-refractivity contribution in [2.45, 2.75) is 0 Å². The normalized spacial score (nSPS) is 10.4. The van der Waals surface area contributed by atoms with Crippen LogP contribution in [0.4, 0.5) is 0 Å². The summed E-state index contributed by atoms with van der Waals surface area (Å²) in [5.41, 5.74) is 1.35. The zero-order valence-corrected chi connectivity index (χ0v) is 11.8. The van der Waals surface area contributed by atoms with E-state index in [9.17, 15) is 4.79 Å². The number of rotatable bonds is 2. The lowest BCUT2D eigenvalue weighted by molar-refractivity contribution is 0.112. The molecule has 0 radical (unpaired) electrons. The van der Waals surface area contributed by atoms with Gasteiger partial charge in [0.15, 0.2) is 6.29 Å². The van der Waals surface area contributed by atoms with Crippen LogP contribution in [-0.4, -0.2) is 11.3 Å². The highest BCUT2D eigenvalue weighted by atomic mass is 35.5. The van der Waals surface area contributed by atoms with Crippen molar-refractivity contribution in [3.63, 3.8) is 0 Å². The molecule has 0 aliphatic rings. The molecule has 2 rings (SSSR count). The van der Waals surface area contributed by atoms with Crippen LogP contribution in [0.2, 0.25) is 20.2 Å². The first-order chi connectivity index (χ1) is 8.56. The summed E-state index contributed by atoms with van der Waals surface area (Å²) in [4.78, 5) is 15.0. The number of aromatic nitrogens is 1. The summed E-state index contributed by atoms with van der Waals surface area (Å²) < 4.78 is 0. The molecule has 0 saturated carbocycles. The first-order valence-corrected chi connectivity index (χ1v) is 6.31. The first-order valence-electron chi connectivity index (χ1n) is 4.79. The van der Waals surface area contributed by atoms with Crippen molar-refractivity contribution >= 4 is 52.7 Å². The van der Waals surface area contributed by atoms with Crippen molar-refractivity contribution in [1.82, 2.24) is 4.98 Å². The van der Waals surface area contributed by atoms with Crippen LogP contribution < -0.4 is 0 Å². The molecule has 0 atom stereocenters. The van der Waals surface area contributed by atoms with Gasteiger partial charge in [-0.15, -0.1) is 0 Å². The minimum atomic E-state index is 0.180. The van der Waals surface area contributed by atoms with E-state index in [2.05, 4.69) is 4.98 Å². The lowest BCUT2D eigenvalue weighted by atomic mass is 10.0. The monoisotopic (exact) mass is 319 g/mol. The molecule has 0 N–H and O–H groups in total. The second-order valence-electron chi connectivity index (χ2n) is 3.41. The standard InChI is InChI=1S/C12H5Cl4NO/c13-8-2-1-7(10(14)11(8)15)9-6(5-18)3-4-17-12(9)16/h1-5H. The van der Waals surface area contributed by atoms with Crippen molar-refractivity contribution < 1.29 is 4.79 Å². The zero-order chi connectivity index (χ0) is 13.3. The molecule has 0 fully saturated rings. The molecule has 0 bridgehead atoms. The van der Waals surface area contributed by atoms with Crippen molar-refractivity contribution in [1.29, 1.82) is 0 Å². The van der Waals surface area contributed by atoms with Crippen LogP contribution in [0.25, 0.3) is 11.1 Å². The van der Waals surface area contributed by atoms with Gasteiger partial charge in [-0.25, -0.2) is 4.98 Å². The summed E-state index contributed by atoms with van der Waals surface area (Å²) >= 11 is 23.9. The molecule has 6 heteroatoms. The number of hydrogen-bond donors (Lipinski definition) is 0. The molecule has 0 spiro atoms. The van der Waals surface area contributed by atoms with E-state index in [1.807, 2.05) is 0 Å². The van der Waals surface area contributed by atoms with Gasteiger partial charge in [-0.1, -0.05) is 52.5 Å². The number of carbonyl (C=O) groups is 1. The topological polar surface area (TPSA) is 30.0 Å². The second kappa shape index (κ2) is 5.45. The first kappa shape index (κ1) is 13.6. The number of pyridine rings is 1. The lowest BCUT2D eigenvalue weighted by Crippen LogP contribution is -1.92. The third kappa shape index (κ3) is 2.34. The molecule has 2 nitrogen and oxygen atoms in total. The fraction of sp³-hybridized carbons (Fsp3) is 0. The number of hydrogen-bond acceptors (Lipinski definition) is 2. The SMILES string of the molecule is O=Cc1ccnc(Cl)c1-c1ccc(Cl)c(Cl)c1Cl. The van der Waals surface area contributed by atoms with Crippen LogP contribution in [0.1, 0.15) is 10.4 Å². The Bertz CT molecular complexity index is 628. The molecular weight excluding hydrogens is 316 g/mol. The van der Waals surface area contributed by atoms with Gasteiger partial charge in [0.05, 0.1) is 15.1 Å². The Hall–Kier alpha value is -0.800. The van der Waals surface area contributed by atoms with Crippen molar-refractivity contribution in [3.8, 4) is 11.1 Å². The van der Waals surface area contributed by atoms with Crippen LogP contribution in [0.3, 0.4) is 0 Å². The fourth-order valence-corrected chi connectivity index (χ4v) is 2.43. The molecule has 0 aliphatic carbocycles. The van der Waals surface area contributed by atoms with E-state index in [0.717, 1.165) is 0 Å². The fourth-order valence-electron chi connectivity index (χ4n) is 1.53. The summed E-state index contributed by atoms with van der Waals surface area (Å²) in [6.07, 6.45) is 2.13. The van der Waals surface area contributed by atoms with Gasteiger partial charge in [-0.2, -0.15) is 0 Å². The van der Waals surface area contributed by atoms with Crippen molar-refractivity contribution in [2.75, 3.05) is 0 Å². The number of nitrogens with zero attached hydrogens (tertiary/aromatic N) is 1. The quantitative estimate of drug-likeness (QED) is 0.434. The predicted molar refractivity (Wildman–Crippen MR) is 75.1 cm³/mol. The minimum absolute atomic E-state index is 0.180. The van der Waals surface area contributed by atoms with Crippen molar-refractivity contribution in [2.24, 2.45) is 0 Å². The number of aldehydes is 1. The van der Waals surface area contributed by atoms with Gasteiger partial charge in [0.25, 0.3) is 0 Å². The van der Waals surface area contributed by atoms with Gasteiger partial charge < -0.3 is 0 Å². The molecule has 0 aliphatic heterocycles. The highest BCUT2D eigenvalue weighted by Gasteiger charge is 2.16. The number of carbonyl (C=O) groups excluding carboxylic acids is 1. The maximum Gasteiger partial charge on any atom is 0.150 e. The van der Waals surface area contributed by atoms with Gasteiger partial charge in [0.2, 0.25) is 0 Å². The van der Waals surface area contributed by atoms with Gasteiger partial charge in [-0.3, -0.25) is 4.79 Å². The molecule has 92 valence electrons. The Balaban J connectivity index is 2.77. The molecule has 0 unspecified atom stereocenters. The van der Waals surface area contributed by atoms with E-state index in [0.29, 0.717) is 28.0 Å². The van der Waals surface area contributed by atoms with E-state index in [4.69, 9.17) is 46.4 Å². The number of benzene rings is 1. The molecule has 0 saturated heterocycles. The van der Waals surface area contributed by atoms with Crippen LogP contribution in [0.5, 0.6) is 0 Å². The Morgan fingerprint density at radius 2 is 1.72 bits per heavy atom. The summed E-state index contributed by atoms with van der Waals surface area (Å²) in [5, 5.41) is 0.966. The molecular formula is C12H5Cl4NO. The Kier molecular flexibility index (Phi) is 4.13. The molecule has 0 amide bonds. The Morgan fingerprint density at radius 1 is 1.00 bits per heavy atom. The zero-order valence-electron chi connectivity index (χ0n) is 8.75. The predicted octanol–water partition coefficient (Wildman–Crippen LogP) is 5.17. The highest BCUT2D eigenvalue weighted by molar-refractivity contribution is 6.49. The Labute approximate surface area is 123 Å². The van der Waals surface area contributed by atoms with E-state index in [1.165, 1.54) is 6.20 Å². The molecule has 1 aromatic heterocycles. The highest BCUT2D eigenvalue weighted by Crippen LogP contribution is 2.40. The van der Waals surface area contributed by atoms with Gasteiger partial charge in [0.1, 0.15) is 5.15 Å². The molecule has 1 aromatic carbocycles. The summed E-state index contributed by atoms with van der Waals surface area (Å²) in [6.45, 7) is 0.